The second-order valence-corrected chi connectivity index (χ2v) is 5.81. The summed E-state index contributed by atoms with van der Waals surface area (Å²) < 4.78 is 10.9. The normalized spacial score (nSPS) is 11.7. The third-order valence-corrected chi connectivity index (χ3v) is 3.39. The molecule has 6 nitrogen and oxygen atoms in total. The first kappa shape index (κ1) is 21.0. The maximum Gasteiger partial charge on any atom is 0.248 e. The molecule has 1 aromatic rings. The number of rotatable bonds is 9. The highest BCUT2D eigenvalue weighted by atomic mass is 16.5. The first-order valence-corrected chi connectivity index (χ1v) is 8.08. The highest BCUT2D eigenvalue weighted by Crippen LogP contribution is 2.17. The van der Waals surface area contributed by atoms with Crippen LogP contribution in [0.25, 0.3) is 0 Å². The van der Waals surface area contributed by atoms with Crippen LogP contribution in [-0.2, 0) is 14.3 Å². The van der Waals surface area contributed by atoms with E-state index in [-0.39, 0.29) is 5.91 Å². The molecule has 1 rings (SSSR count). The molecule has 0 unspecified atom stereocenters. The molecular weight excluding hydrogens is 330 g/mol. The van der Waals surface area contributed by atoms with E-state index >= 15 is 0 Å². The van der Waals surface area contributed by atoms with Gasteiger partial charge in [0.25, 0.3) is 0 Å². The molecule has 0 saturated carbocycles. The summed E-state index contributed by atoms with van der Waals surface area (Å²) in [6, 6.07) is 8.74. The van der Waals surface area contributed by atoms with Crippen molar-refractivity contribution in [3.63, 3.8) is 0 Å². The summed E-state index contributed by atoms with van der Waals surface area (Å²) in [5, 5.41) is 11.6. The number of hydrogen-bond acceptors (Lipinski definition) is 5. The number of benzene rings is 1. The van der Waals surface area contributed by atoms with E-state index in [1.165, 1.54) is 13.2 Å². The number of carbonyl (C=O) groups excluding carboxylic acids is 1. The summed E-state index contributed by atoms with van der Waals surface area (Å²) in [7, 11) is 5.43. The van der Waals surface area contributed by atoms with Crippen LogP contribution in [0.15, 0.2) is 60.1 Å². The zero-order chi connectivity index (χ0) is 19.5. The van der Waals surface area contributed by atoms with E-state index < -0.39 is 0 Å². The fourth-order valence-corrected chi connectivity index (χ4v) is 1.96. The third-order valence-electron chi connectivity index (χ3n) is 3.39. The van der Waals surface area contributed by atoms with Gasteiger partial charge >= 0.3 is 0 Å². The molecule has 0 bridgehead atoms. The van der Waals surface area contributed by atoms with Crippen molar-refractivity contribution < 1.29 is 14.3 Å². The Morgan fingerprint density at radius 2 is 2.12 bits per heavy atom. The zero-order valence-electron chi connectivity index (χ0n) is 15.7. The number of nitriles is 1. The molecule has 0 aliphatic heterocycles. The standard InChI is InChI=1S/C20H25N3O3/c1-15(20(16(2)25-5)26-12-11-23(3)4)9-10-19(24)22-18-8-6-7-17(13-18)14-21/h6-10,13H,2,11-12H2,1,3-5H3,(H,22,24)/b10-9+,20-15-. The maximum absolute atomic E-state index is 12.1. The van der Waals surface area contributed by atoms with Gasteiger partial charge in [-0.25, -0.2) is 0 Å². The van der Waals surface area contributed by atoms with Crippen molar-refractivity contribution in [1.82, 2.24) is 4.90 Å². The zero-order valence-corrected chi connectivity index (χ0v) is 15.7. The van der Waals surface area contributed by atoms with Gasteiger partial charge in [0.05, 0.1) is 18.7 Å². The first-order chi connectivity index (χ1) is 12.4. The van der Waals surface area contributed by atoms with E-state index in [1.54, 1.807) is 30.3 Å². The van der Waals surface area contributed by atoms with Crippen molar-refractivity contribution in [3.8, 4) is 6.07 Å². The quantitative estimate of drug-likeness (QED) is 0.419. The summed E-state index contributed by atoms with van der Waals surface area (Å²) in [6.07, 6.45) is 3.03. The Bertz CT molecular complexity index is 743. The van der Waals surface area contributed by atoms with Crippen molar-refractivity contribution in [2.24, 2.45) is 0 Å². The fraction of sp³-hybridized carbons (Fsp3) is 0.300. The molecule has 0 radical (unpaired) electrons. The lowest BCUT2D eigenvalue weighted by atomic mass is 10.2. The average molecular weight is 355 g/mol. The molecular formula is C20H25N3O3. The van der Waals surface area contributed by atoms with Crippen LogP contribution in [0.2, 0.25) is 0 Å². The maximum atomic E-state index is 12.1. The number of amides is 1. The largest absolute Gasteiger partial charge is 0.493 e. The molecule has 0 aliphatic rings. The predicted octanol–water partition coefficient (Wildman–Crippen LogP) is 3.07. The molecule has 0 aliphatic carbocycles. The molecule has 0 heterocycles. The molecule has 0 saturated heterocycles. The molecule has 0 fully saturated rings. The average Bonchev–Trinajstić information content (AvgIpc) is 2.62. The summed E-state index contributed by atoms with van der Waals surface area (Å²) in [6.45, 7) is 6.86. The number of hydrogen-bond donors (Lipinski definition) is 1. The van der Waals surface area contributed by atoms with Crippen LogP contribution in [0.3, 0.4) is 0 Å². The minimum Gasteiger partial charge on any atom is -0.493 e. The Kier molecular flexibility index (Phi) is 8.68. The van der Waals surface area contributed by atoms with Gasteiger partial charge in [0.2, 0.25) is 5.91 Å². The Hall–Kier alpha value is -3.04. The van der Waals surface area contributed by atoms with Gasteiger partial charge < -0.3 is 19.7 Å². The Morgan fingerprint density at radius 3 is 2.73 bits per heavy atom. The summed E-state index contributed by atoms with van der Waals surface area (Å²) >= 11 is 0. The number of likely N-dealkylation sites (N-methyl/N-ethyl adjacent to an activating group) is 1. The highest BCUT2D eigenvalue weighted by molar-refractivity contribution is 5.99. The van der Waals surface area contributed by atoms with Crippen LogP contribution in [-0.4, -0.2) is 45.2 Å². The Balaban J connectivity index is 2.81. The second kappa shape index (κ2) is 10.7. The number of ether oxygens (including phenoxy) is 2. The van der Waals surface area contributed by atoms with E-state index in [9.17, 15) is 4.79 Å². The summed E-state index contributed by atoms with van der Waals surface area (Å²) in [5.41, 5.74) is 1.76. The van der Waals surface area contributed by atoms with E-state index in [2.05, 4.69) is 11.9 Å². The lowest BCUT2D eigenvalue weighted by Gasteiger charge is -2.16. The van der Waals surface area contributed by atoms with Crippen molar-refractivity contribution >= 4 is 11.6 Å². The van der Waals surface area contributed by atoms with Crippen molar-refractivity contribution in [1.29, 1.82) is 5.26 Å². The van der Waals surface area contributed by atoms with Crippen LogP contribution < -0.4 is 5.32 Å². The first-order valence-electron chi connectivity index (χ1n) is 8.08. The molecule has 1 N–H and O–H groups in total. The lowest BCUT2D eigenvalue weighted by Crippen LogP contribution is -2.18. The van der Waals surface area contributed by atoms with Gasteiger partial charge in [-0.2, -0.15) is 5.26 Å². The van der Waals surface area contributed by atoms with E-state index in [0.29, 0.717) is 29.4 Å². The number of nitrogens with one attached hydrogen (secondary N) is 1. The van der Waals surface area contributed by atoms with Crippen molar-refractivity contribution in [2.75, 3.05) is 39.7 Å². The molecule has 6 heteroatoms. The molecule has 1 aromatic carbocycles. The summed E-state index contributed by atoms with van der Waals surface area (Å²) in [4.78, 5) is 14.1. The van der Waals surface area contributed by atoms with Crippen molar-refractivity contribution in [3.05, 3.63) is 65.7 Å². The topological polar surface area (TPSA) is 74.6 Å². The Labute approximate surface area is 155 Å². The molecule has 1 amide bonds. The SMILES string of the molecule is C=C(OC)/C(OCCN(C)C)=C(C)/C=C/C(=O)Nc1cccc(C#N)c1. The molecule has 26 heavy (non-hydrogen) atoms. The number of nitrogens with zero attached hydrogens (tertiary/aromatic N) is 2. The van der Waals surface area contributed by atoms with Gasteiger partial charge in [0.15, 0.2) is 11.5 Å². The van der Waals surface area contributed by atoms with Gasteiger partial charge in [0.1, 0.15) is 6.61 Å². The van der Waals surface area contributed by atoms with Gasteiger partial charge in [0, 0.05) is 18.3 Å². The van der Waals surface area contributed by atoms with Crippen LogP contribution in [0, 0.1) is 11.3 Å². The van der Waals surface area contributed by atoms with Gasteiger partial charge in [-0.1, -0.05) is 18.7 Å². The minimum atomic E-state index is -0.310. The minimum absolute atomic E-state index is 0.310. The van der Waals surface area contributed by atoms with Gasteiger partial charge in [-0.05, 0) is 44.8 Å². The number of methoxy groups -OCH3 is 1. The molecule has 0 aromatic heterocycles. The van der Waals surface area contributed by atoms with Crippen LogP contribution in [0.4, 0.5) is 5.69 Å². The molecule has 0 spiro atoms. The third kappa shape index (κ3) is 7.24. The van der Waals surface area contributed by atoms with Gasteiger partial charge in [-0.15, -0.1) is 0 Å². The number of anilines is 1. The number of carbonyl (C=O) groups is 1. The monoisotopic (exact) mass is 355 g/mol. The summed E-state index contributed by atoms with van der Waals surface area (Å²) in [5.74, 6) is 0.591. The van der Waals surface area contributed by atoms with Crippen molar-refractivity contribution in [2.45, 2.75) is 6.92 Å². The van der Waals surface area contributed by atoms with E-state index in [4.69, 9.17) is 14.7 Å². The lowest BCUT2D eigenvalue weighted by molar-refractivity contribution is -0.111. The predicted molar refractivity (Wildman–Crippen MR) is 102 cm³/mol. The Morgan fingerprint density at radius 1 is 1.38 bits per heavy atom. The second-order valence-electron chi connectivity index (χ2n) is 5.81. The van der Waals surface area contributed by atoms with Crippen LogP contribution >= 0.6 is 0 Å². The van der Waals surface area contributed by atoms with E-state index in [0.717, 1.165) is 12.1 Å². The highest BCUT2D eigenvalue weighted by Gasteiger charge is 2.09. The number of allylic oxidation sites excluding steroid dienone is 2. The molecule has 0 atom stereocenters. The van der Waals surface area contributed by atoms with Gasteiger partial charge in [-0.3, -0.25) is 4.79 Å². The van der Waals surface area contributed by atoms with E-state index in [1.807, 2.05) is 32.0 Å². The smallest absolute Gasteiger partial charge is 0.248 e. The molecule has 138 valence electrons. The van der Waals surface area contributed by atoms with Crippen LogP contribution in [0.1, 0.15) is 12.5 Å². The fourth-order valence-electron chi connectivity index (χ4n) is 1.96. The van der Waals surface area contributed by atoms with Crippen LogP contribution in [0.5, 0.6) is 0 Å².